The number of piperidine rings is 1. The summed E-state index contributed by atoms with van der Waals surface area (Å²) in [5.74, 6) is -3.25. The average Bonchev–Trinajstić information content (AvgIpc) is 2.62. The molecular formula is C17H18ClF3N2O4. The lowest BCUT2D eigenvalue weighted by atomic mass is 9.98. The summed E-state index contributed by atoms with van der Waals surface area (Å²) < 4.78 is 44.2. The van der Waals surface area contributed by atoms with Crippen molar-refractivity contribution in [3.8, 4) is 0 Å². The van der Waals surface area contributed by atoms with E-state index in [1.54, 1.807) is 6.92 Å². The number of nitrogens with zero attached hydrogens (tertiary/aromatic N) is 1. The molecular weight excluding hydrogens is 389 g/mol. The summed E-state index contributed by atoms with van der Waals surface area (Å²) in [7, 11) is 0. The number of carbonyl (C=O) groups is 3. The Balaban J connectivity index is 2.10. The van der Waals surface area contributed by atoms with E-state index < -0.39 is 41.1 Å². The number of esters is 1. The summed E-state index contributed by atoms with van der Waals surface area (Å²) in [6, 6.07) is 2.82. The second-order valence-electron chi connectivity index (χ2n) is 5.98. The van der Waals surface area contributed by atoms with Crippen molar-refractivity contribution in [3.63, 3.8) is 0 Å². The van der Waals surface area contributed by atoms with Crippen LogP contribution in [0.4, 0.5) is 18.9 Å². The molecule has 2 amide bonds. The van der Waals surface area contributed by atoms with Gasteiger partial charge in [0.05, 0.1) is 23.8 Å². The maximum absolute atomic E-state index is 13.1. The molecule has 1 aromatic carbocycles. The maximum Gasteiger partial charge on any atom is 0.418 e. The molecule has 1 N–H and O–H groups in total. The van der Waals surface area contributed by atoms with Crippen molar-refractivity contribution in [2.75, 3.05) is 25.0 Å². The van der Waals surface area contributed by atoms with Gasteiger partial charge in [0.1, 0.15) is 0 Å². The number of benzene rings is 1. The zero-order valence-corrected chi connectivity index (χ0v) is 15.2. The van der Waals surface area contributed by atoms with Crippen LogP contribution in [0.3, 0.4) is 0 Å². The van der Waals surface area contributed by atoms with E-state index in [4.69, 9.17) is 16.3 Å². The number of halogens is 4. The molecule has 0 radical (unpaired) electrons. The number of likely N-dealkylation sites (tertiary alicyclic amines) is 1. The molecule has 2 rings (SSSR count). The van der Waals surface area contributed by atoms with Crippen molar-refractivity contribution in [1.82, 2.24) is 4.90 Å². The molecule has 1 unspecified atom stereocenters. The first kappa shape index (κ1) is 21.0. The van der Waals surface area contributed by atoms with Crippen LogP contribution in [0.15, 0.2) is 18.2 Å². The first-order chi connectivity index (χ1) is 12.6. The van der Waals surface area contributed by atoms with Gasteiger partial charge in [-0.2, -0.15) is 13.2 Å². The van der Waals surface area contributed by atoms with E-state index in [9.17, 15) is 27.6 Å². The maximum atomic E-state index is 13.1. The van der Waals surface area contributed by atoms with Crippen molar-refractivity contribution < 1.29 is 32.3 Å². The Hall–Kier alpha value is -2.29. The molecule has 0 aliphatic carbocycles. The second-order valence-corrected chi connectivity index (χ2v) is 6.42. The highest BCUT2D eigenvalue weighted by atomic mass is 35.5. The Labute approximate surface area is 158 Å². The lowest BCUT2D eigenvalue weighted by Crippen LogP contribution is -2.47. The van der Waals surface area contributed by atoms with Crippen molar-refractivity contribution in [1.29, 1.82) is 0 Å². The van der Waals surface area contributed by atoms with Gasteiger partial charge in [-0.3, -0.25) is 14.4 Å². The van der Waals surface area contributed by atoms with Gasteiger partial charge in [-0.1, -0.05) is 11.6 Å². The van der Waals surface area contributed by atoms with E-state index in [2.05, 4.69) is 0 Å². The van der Waals surface area contributed by atoms with Crippen LogP contribution in [0.1, 0.15) is 25.3 Å². The second kappa shape index (κ2) is 8.60. The van der Waals surface area contributed by atoms with Crippen LogP contribution in [0, 0.1) is 5.92 Å². The van der Waals surface area contributed by atoms with E-state index in [-0.39, 0.29) is 24.7 Å². The quantitative estimate of drug-likeness (QED) is 0.618. The van der Waals surface area contributed by atoms with Crippen molar-refractivity contribution >= 4 is 35.1 Å². The summed E-state index contributed by atoms with van der Waals surface area (Å²) in [4.78, 5) is 37.4. The Morgan fingerprint density at radius 3 is 2.67 bits per heavy atom. The highest BCUT2D eigenvalue weighted by molar-refractivity contribution is 6.39. The van der Waals surface area contributed by atoms with Crippen molar-refractivity contribution in [2.24, 2.45) is 5.92 Å². The third-order valence-corrected chi connectivity index (χ3v) is 4.29. The number of anilines is 1. The molecule has 148 valence electrons. The monoisotopic (exact) mass is 406 g/mol. The van der Waals surface area contributed by atoms with Gasteiger partial charge in [0.25, 0.3) is 0 Å². The third kappa shape index (κ3) is 5.35. The number of nitrogens with one attached hydrogen (secondary N) is 1. The van der Waals surface area contributed by atoms with Gasteiger partial charge in [-0.15, -0.1) is 0 Å². The van der Waals surface area contributed by atoms with E-state index in [0.717, 1.165) is 11.0 Å². The standard InChI is InChI=1S/C17H18ClF3N2O4/c1-2-27-16(26)10-4-3-7-23(9-10)15(25)14(24)22-13-6-5-11(18)8-12(13)17(19,20)21/h5-6,8,10H,2-4,7,9H2,1H3,(H,22,24). The number of carbonyl (C=O) groups excluding carboxylic acids is 3. The van der Waals surface area contributed by atoms with Gasteiger partial charge in [-0.25, -0.2) is 0 Å². The number of alkyl halides is 3. The summed E-state index contributed by atoms with van der Waals surface area (Å²) in [5, 5.41) is 1.83. The van der Waals surface area contributed by atoms with Crippen LogP contribution in [0.5, 0.6) is 0 Å². The predicted octanol–water partition coefficient (Wildman–Crippen LogP) is 3.10. The summed E-state index contributed by atoms with van der Waals surface area (Å²) in [6.07, 6.45) is -3.76. The molecule has 6 nitrogen and oxygen atoms in total. The number of ether oxygens (including phenoxy) is 1. The molecule has 0 spiro atoms. The van der Waals surface area contributed by atoms with Gasteiger partial charge in [0.2, 0.25) is 0 Å². The summed E-state index contributed by atoms with van der Waals surface area (Å²) >= 11 is 5.58. The smallest absolute Gasteiger partial charge is 0.418 e. The molecule has 1 saturated heterocycles. The average molecular weight is 407 g/mol. The molecule has 0 saturated carbocycles. The SMILES string of the molecule is CCOC(=O)C1CCCN(C(=O)C(=O)Nc2ccc(Cl)cc2C(F)(F)F)C1. The topological polar surface area (TPSA) is 75.7 Å². The Morgan fingerprint density at radius 1 is 1.33 bits per heavy atom. The minimum atomic E-state index is -4.75. The van der Waals surface area contributed by atoms with E-state index in [1.165, 1.54) is 6.07 Å². The molecule has 1 aromatic rings. The molecule has 1 aliphatic rings. The third-order valence-electron chi connectivity index (χ3n) is 4.06. The normalized spacial score (nSPS) is 17.4. The van der Waals surface area contributed by atoms with Crippen LogP contribution in [-0.2, 0) is 25.3 Å². The molecule has 10 heteroatoms. The van der Waals surface area contributed by atoms with Crippen molar-refractivity contribution in [2.45, 2.75) is 25.9 Å². The van der Waals surface area contributed by atoms with Crippen LogP contribution >= 0.6 is 11.6 Å². The van der Waals surface area contributed by atoms with Gasteiger partial charge < -0.3 is 15.0 Å². The molecule has 0 bridgehead atoms. The highest BCUT2D eigenvalue weighted by Crippen LogP contribution is 2.36. The van der Waals surface area contributed by atoms with Crippen molar-refractivity contribution in [3.05, 3.63) is 28.8 Å². The zero-order chi connectivity index (χ0) is 20.2. The summed E-state index contributed by atoms with van der Waals surface area (Å²) in [6.45, 7) is 2.06. The minimum Gasteiger partial charge on any atom is -0.466 e. The van der Waals surface area contributed by atoms with Gasteiger partial charge >= 0.3 is 24.0 Å². The molecule has 1 heterocycles. The fourth-order valence-electron chi connectivity index (χ4n) is 2.79. The van der Waals surface area contributed by atoms with Crippen LogP contribution in [-0.4, -0.2) is 42.4 Å². The van der Waals surface area contributed by atoms with Gasteiger partial charge in [0.15, 0.2) is 0 Å². The zero-order valence-electron chi connectivity index (χ0n) is 14.4. The van der Waals surface area contributed by atoms with E-state index >= 15 is 0 Å². The van der Waals surface area contributed by atoms with E-state index in [0.29, 0.717) is 18.9 Å². The summed E-state index contributed by atoms with van der Waals surface area (Å²) in [5.41, 5.74) is -1.72. The largest absolute Gasteiger partial charge is 0.466 e. The Kier molecular flexibility index (Phi) is 6.69. The first-order valence-corrected chi connectivity index (χ1v) is 8.65. The molecule has 27 heavy (non-hydrogen) atoms. The van der Waals surface area contributed by atoms with Gasteiger partial charge in [-0.05, 0) is 38.0 Å². The fraction of sp³-hybridized carbons (Fsp3) is 0.471. The number of amides is 2. The first-order valence-electron chi connectivity index (χ1n) is 8.27. The number of hydrogen-bond acceptors (Lipinski definition) is 4. The van der Waals surface area contributed by atoms with Crippen LogP contribution in [0.25, 0.3) is 0 Å². The lowest BCUT2D eigenvalue weighted by Gasteiger charge is -2.31. The highest BCUT2D eigenvalue weighted by Gasteiger charge is 2.36. The van der Waals surface area contributed by atoms with Crippen LogP contribution < -0.4 is 5.32 Å². The van der Waals surface area contributed by atoms with E-state index in [1.807, 2.05) is 5.32 Å². The lowest BCUT2D eigenvalue weighted by molar-refractivity contribution is -0.153. The van der Waals surface area contributed by atoms with Gasteiger partial charge in [0, 0.05) is 18.1 Å². The fourth-order valence-corrected chi connectivity index (χ4v) is 2.97. The van der Waals surface area contributed by atoms with Crippen LogP contribution in [0.2, 0.25) is 5.02 Å². The molecule has 1 fully saturated rings. The Morgan fingerprint density at radius 2 is 2.04 bits per heavy atom. The number of rotatable bonds is 3. The molecule has 0 aromatic heterocycles. The molecule has 1 atom stereocenters. The molecule has 1 aliphatic heterocycles. The number of hydrogen-bond donors (Lipinski definition) is 1. The minimum absolute atomic E-state index is 0.0160. The predicted molar refractivity (Wildman–Crippen MR) is 91.0 cm³/mol. The Bertz CT molecular complexity index is 739.